The maximum Gasteiger partial charge on any atom is 0.472 e. The van der Waals surface area contributed by atoms with Crippen LogP contribution in [-0.4, -0.2) is 96.7 Å². The summed E-state index contributed by atoms with van der Waals surface area (Å²) < 4.78 is 68.4. The molecule has 4 unspecified atom stereocenters. The number of phosphoric ester groups is 2. The smallest absolute Gasteiger partial charge is 0.462 e. The molecule has 0 aliphatic carbocycles. The summed E-state index contributed by atoms with van der Waals surface area (Å²) >= 11 is 0. The topological polar surface area (TPSA) is 237 Å². The summed E-state index contributed by atoms with van der Waals surface area (Å²) in [6, 6.07) is 0. The highest BCUT2D eigenvalue weighted by Gasteiger charge is 2.30. The molecule has 0 saturated carbocycles. The van der Waals surface area contributed by atoms with Crippen molar-refractivity contribution in [2.75, 3.05) is 39.6 Å². The van der Waals surface area contributed by atoms with Crippen LogP contribution in [-0.2, 0) is 65.4 Å². The van der Waals surface area contributed by atoms with Gasteiger partial charge in [-0.2, -0.15) is 0 Å². The van der Waals surface area contributed by atoms with Crippen molar-refractivity contribution in [1.82, 2.24) is 0 Å². The number of esters is 4. The molecule has 0 fully saturated rings. The first-order valence-corrected chi connectivity index (χ1v) is 40.4. The van der Waals surface area contributed by atoms with Crippen LogP contribution in [0.3, 0.4) is 0 Å². The number of carbonyl (C=O) groups is 4. The number of aliphatic hydroxyl groups is 1. The molecule has 91 heavy (non-hydrogen) atoms. The van der Waals surface area contributed by atoms with Crippen molar-refractivity contribution in [2.24, 2.45) is 17.8 Å². The normalized spacial score (nSPS) is 14.8. The Morgan fingerprint density at radius 2 is 0.560 bits per heavy atom. The second-order valence-electron chi connectivity index (χ2n) is 26.9. The number of ether oxygens (including phenoxy) is 4. The summed E-state index contributed by atoms with van der Waals surface area (Å²) in [5.41, 5.74) is 0. The summed E-state index contributed by atoms with van der Waals surface area (Å²) in [6.45, 7) is 11.9. The zero-order chi connectivity index (χ0) is 67.3. The van der Waals surface area contributed by atoms with Crippen LogP contribution in [0.5, 0.6) is 0 Å². The van der Waals surface area contributed by atoms with E-state index in [0.717, 1.165) is 108 Å². The minimum atomic E-state index is -4.95. The zero-order valence-corrected chi connectivity index (χ0v) is 61.1. The van der Waals surface area contributed by atoms with Gasteiger partial charge >= 0.3 is 39.5 Å². The van der Waals surface area contributed by atoms with Gasteiger partial charge in [0.05, 0.1) is 26.4 Å². The zero-order valence-electron chi connectivity index (χ0n) is 59.3. The Hall–Kier alpha value is -1.94. The molecule has 0 aromatic carbocycles. The van der Waals surface area contributed by atoms with Gasteiger partial charge in [0.25, 0.3) is 0 Å². The van der Waals surface area contributed by atoms with Gasteiger partial charge in [0.1, 0.15) is 19.3 Å². The van der Waals surface area contributed by atoms with E-state index in [0.29, 0.717) is 25.7 Å². The number of rotatable bonds is 70. The number of hydrogen-bond acceptors (Lipinski definition) is 15. The van der Waals surface area contributed by atoms with E-state index in [2.05, 4.69) is 48.5 Å². The van der Waals surface area contributed by atoms with Gasteiger partial charge in [-0.15, -0.1) is 0 Å². The van der Waals surface area contributed by atoms with Crippen molar-refractivity contribution in [3.8, 4) is 0 Å². The Bertz CT molecular complexity index is 1790. The van der Waals surface area contributed by atoms with Crippen LogP contribution in [0.1, 0.15) is 363 Å². The largest absolute Gasteiger partial charge is 0.472 e. The van der Waals surface area contributed by atoms with E-state index in [1.807, 2.05) is 0 Å². The summed E-state index contributed by atoms with van der Waals surface area (Å²) in [6.07, 6.45) is 47.0. The summed E-state index contributed by atoms with van der Waals surface area (Å²) in [7, 11) is -9.91. The van der Waals surface area contributed by atoms with E-state index in [4.69, 9.17) is 37.0 Å². The highest BCUT2D eigenvalue weighted by molar-refractivity contribution is 7.47. The highest BCUT2D eigenvalue weighted by atomic mass is 31.2. The van der Waals surface area contributed by atoms with Crippen molar-refractivity contribution in [3.63, 3.8) is 0 Å². The molecule has 0 aliphatic rings. The molecule has 0 spiro atoms. The first kappa shape index (κ1) is 89.1. The quantitative estimate of drug-likeness (QED) is 0.0222. The molecule has 0 rings (SSSR count). The molecule has 0 amide bonds. The van der Waals surface area contributed by atoms with Crippen LogP contribution in [0.25, 0.3) is 0 Å². The Balaban J connectivity index is 5.27. The van der Waals surface area contributed by atoms with Crippen LogP contribution in [0.4, 0.5) is 0 Å². The van der Waals surface area contributed by atoms with Gasteiger partial charge in [-0.25, -0.2) is 9.13 Å². The lowest BCUT2D eigenvalue weighted by Crippen LogP contribution is -2.30. The number of unbranched alkanes of at least 4 members (excludes halogenated alkanes) is 36. The second kappa shape index (κ2) is 62.8. The van der Waals surface area contributed by atoms with E-state index in [1.165, 1.54) is 173 Å². The van der Waals surface area contributed by atoms with Crippen molar-refractivity contribution in [2.45, 2.75) is 381 Å². The van der Waals surface area contributed by atoms with E-state index in [-0.39, 0.29) is 25.7 Å². The molecule has 19 heteroatoms. The second-order valence-corrected chi connectivity index (χ2v) is 29.8. The lowest BCUT2D eigenvalue weighted by Gasteiger charge is -2.21. The molecule has 0 aromatic heterocycles. The monoisotopic (exact) mass is 1340 g/mol. The fourth-order valence-corrected chi connectivity index (χ4v) is 12.4. The molecule has 0 aromatic rings. The van der Waals surface area contributed by atoms with Gasteiger partial charge in [-0.3, -0.25) is 37.3 Å². The van der Waals surface area contributed by atoms with Gasteiger partial charge in [0.15, 0.2) is 12.2 Å². The Kier molecular flexibility index (Phi) is 61.5. The molecule has 0 saturated heterocycles. The summed E-state index contributed by atoms with van der Waals surface area (Å²) in [4.78, 5) is 72.7. The molecule has 0 heterocycles. The lowest BCUT2D eigenvalue weighted by atomic mass is 9.99. The van der Waals surface area contributed by atoms with Gasteiger partial charge in [0, 0.05) is 25.7 Å². The predicted octanol–water partition coefficient (Wildman–Crippen LogP) is 20.6. The van der Waals surface area contributed by atoms with Crippen molar-refractivity contribution in [1.29, 1.82) is 0 Å². The highest BCUT2D eigenvalue weighted by Crippen LogP contribution is 2.45. The predicted molar refractivity (Wildman–Crippen MR) is 368 cm³/mol. The number of hydrogen-bond donors (Lipinski definition) is 3. The first-order valence-electron chi connectivity index (χ1n) is 37.4. The van der Waals surface area contributed by atoms with Gasteiger partial charge < -0.3 is 33.8 Å². The van der Waals surface area contributed by atoms with Crippen LogP contribution in [0.15, 0.2) is 0 Å². The molecule has 3 N–H and O–H groups in total. The fourth-order valence-electron chi connectivity index (χ4n) is 10.8. The first-order chi connectivity index (χ1) is 43.8. The molecular weight excluding hydrogens is 1200 g/mol. The molecule has 0 radical (unpaired) electrons. The van der Waals surface area contributed by atoms with Gasteiger partial charge in [-0.05, 0) is 43.4 Å². The summed E-state index contributed by atoms with van der Waals surface area (Å²) in [5, 5.41) is 10.6. The third-order valence-corrected chi connectivity index (χ3v) is 19.3. The fraction of sp³-hybridized carbons (Fsp3) is 0.944. The van der Waals surface area contributed by atoms with Gasteiger partial charge in [0.2, 0.25) is 0 Å². The average Bonchev–Trinajstić information content (AvgIpc) is 3.74. The van der Waals surface area contributed by atoms with Gasteiger partial charge in [-0.1, -0.05) is 312 Å². The Morgan fingerprint density at radius 3 is 0.835 bits per heavy atom. The number of phosphoric acid groups is 2. The van der Waals surface area contributed by atoms with Crippen molar-refractivity contribution >= 4 is 39.5 Å². The minimum Gasteiger partial charge on any atom is -0.462 e. The minimum absolute atomic E-state index is 0.104. The van der Waals surface area contributed by atoms with E-state index < -0.39 is 97.5 Å². The Labute approximate surface area is 556 Å². The molecule has 540 valence electrons. The third kappa shape index (κ3) is 63.9. The van der Waals surface area contributed by atoms with Crippen molar-refractivity contribution in [3.05, 3.63) is 0 Å². The number of aliphatic hydroxyl groups excluding tert-OH is 1. The molecule has 0 bridgehead atoms. The Morgan fingerprint density at radius 1 is 0.319 bits per heavy atom. The van der Waals surface area contributed by atoms with Crippen LogP contribution >= 0.6 is 15.6 Å². The maximum atomic E-state index is 13.0. The van der Waals surface area contributed by atoms with Crippen LogP contribution in [0, 0.1) is 17.8 Å². The van der Waals surface area contributed by atoms with Crippen LogP contribution < -0.4 is 0 Å². The standard InChI is InChI=1S/C72H140O17P2/c1-8-11-12-13-14-15-16-17-18-19-23-32-39-46-53-69(74)82-59-67(88-71(76)55-48-41-34-24-21-20-22-30-37-44-51-64(6)9-2)61-86-90(78,79)84-57-66(73)58-85-91(80,81)87-62-68(60-83-70(75)54-47-40-33-27-25-29-36-43-50-63(4)5)89-72(77)56-49-42-35-28-26-31-38-45-52-65(7)10-3/h63-68,73H,8-62H2,1-7H3,(H,78,79)(H,80,81)/t64?,65?,66-,67-,68-/m1/s1. The summed E-state index contributed by atoms with van der Waals surface area (Å²) in [5.74, 6) is 0.175. The molecular formula is C72H140O17P2. The van der Waals surface area contributed by atoms with E-state index in [1.54, 1.807) is 0 Å². The third-order valence-electron chi connectivity index (χ3n) is 17.4. The lowest BCUT2D eigenvalue weighted by molar-refractivity contribution is -0.161. The molecule has 0 aliphatic heterocycles. The van der Waals surface area contributed by atoms with Crippen molar-refractivity contribution < 1.29 is 80.2 Å². The van der Waals surface area contributed by atoms with E-state index >= 15 is 0 Å². The van der Waals surface area contributed by atoms with Crippen LogP contribution in [0.2, 0.25) is 0 Å². The average molecular weight is 1340 g/mol. The maximum absolute atomic E-state index is 13.0. The molecule has 7 atom stereocenters. The van der Waals surface area contributed by atoms with E-state index in [9.17, 15) is 43.2 Å². The number of carbonyl (C=O) groups excluding carboxylic acids is 4. The SMILES string of the molecule is CCCCCCCCCCCCCCCCC(=O)OC[C@H](COP(=O)(O)OC[C@@H](O)COP(=O)(O)OC[C@@H](COC(=O)CCCCCCCCCCC(C)C)OC(=O)CCCCCCCCCCC(C)CC)OC(=O)CCCCCCCCCCCCC(C)CC. The molecule has 17 nitrogen and oxygen atoms in total.